The number of ether oxygens (including phenoxy) is 1. The second kappa shape index (κ2) is 13.3. The predicted molar refractivity (Wildman–Crippen MR) is 165 cm³/mol. The Balaban J connectivity index is 1.42. The molecule has 1 unspecified atom stereocenters. The average Bonchev–Trinajstić information content (AvgIpc) is 3.38. The van der Waals surface area contributed by atoms with Crippen LogP contribution in [0.4, 0.5) is 20.2 Å². The molecule has 1 amide bonds. The van der Waals surface area contributed by atoms with Gasteiger partial charge in [-0.2, -0.15) is 9.89 Å². The van der Waals surface area contributed by atoms with Gasteiger partial charge in [-0.3, -0.25) is 4.79 Å². The number of nitrogens with zero attached hydrogens (tertiary/aromatic N) is 4. The summed E-state index contributed by atoms with van der Waals surface area (Å²) in [7, 11) is 1.84. The molecule has 1 aliphatic heterocycles. The number of fused-ring (bicyclic) bond motifs is 1. The first-order chi connectivity index (χ1) is 21.0. The van der Waals surface area contributed by atoms with E-state index in [-0.39, 0.29) is 11.1 Å². The van der Waals surface area contributed by atoms with Crippen molar-refractivity contribution in [3.8, 4) is 0 Å². The van der Waals surface area contributed by atoms with Gasteiger partial charge in [-0.1, -0.05) is 6.07 Å². The smallest absolute Gasteiger partial charge is 0.273 e. The minimum atomic E-state index is -4.21. The summed E-state index contributed by atoms with van der Waals surface area (Å²) < 4.78 is 59.6. The lowest BCUT2D eigenvalue weighted by Gasteiger charge is -2.30. The Morgan fingerprint density at radius 2 is 1.80 bits per heavy atom. The maximum Gasteiger partial charge on any atom is 0.273 e. The molecule has 1 aromatic heterocycles. The number of amides is 1. The Kier molecular flexibility index (Phi) is 9.47. The number of carbonyl (C=O) groups excluding carboxylic acids is 1. The number of carbonyl (C=O) groups is 1. The lowest BCUT2D eigenvalue weighted by atomic mass is 10.1. The van der Waals surface area contributed by atoms with E-state index in [2.05, 4.69) is 25.6 Å². The number of halogens is 2. The van der Waals surface area contributed by atoms with E-state index in [0.29, 0.717) is 34.8 Å². The van der Waals surface area contributed by atoms with Gasteiger partial charge >= 0.3 is 0 Å². The number of rotatable bonds is 11. The van der Waals surface area contributed by atoms with Gasteiger partial charge in [0.2, 0.25) is 9.84 Å². The molecule has 4 aromatic rings. The molecule has 1 fully saturated rings. The van der Waals surface area contributed by atoms with Gasteiger partial charge in [-0.05, 0) is 88.8 Å². The lowest BCUT2D eigenvalue weighted by molar-refractivity contribution is 0.0343. The van der Waals surface area contributed by atoms with Crippen LogP contribution in [0.5, 0.6) is 0 Å². The average molecular weight is 627 g/mol. The van der Waals surface area contributed by atoms with Crippen LogP contribution in [0, 0.1) is 11.6 Å². The first kappa shape index (κ1) is 31.4. The van der Waals surface area contributed by atoms with Gasteiger partial charge in [0.1, 0.15) is 17.9 Å². The van der Waals surface area contributed by atoms with Crippen molar-refractivity contribution in [3.05, 3.63) is 78.0 Å². The molecular weight excluding hydrogens is 590 g/mol. The van der Waals surface area contributed by atoms with Gasteiger partial charge in [0.25, 0.3) is 5.91 Å². The van der Waals surface area contributed by atoms with Gasteiger partial charge in [0.05, 0.1) is 38.4 Å². The van der Waals surface area contributed by atoms with Crippen LogP contribution in [0.2, 0.25) is 0 Å². The van der Waals surface area contributed by atoms with Gasteiger partial charge < -0.3 is 19.9 Å². The first-order valence-corrected chi connectivity index (χ1v) is 15.9. The summed E-state index contributed by atoms with van der Waals surface area (Å²) in [6, 6.07) is 11.8. The fourth-order valence-electron chi connectivity index (χ4n) is 5.20. The molecule has 10 nitrogen and oxygen atoms in total. The van der Waals surface area contributed by atoms with Crippen molar-refractivity contribution < 1.29 is 26.7 Å². The molecule has 1 aliphatic rings. The third-order valence-corrected chi connectivity index (χ3v) is 9.22. The molecule has 1 saturated heterocycles. The minimum Gasteiger partial charge on any atom is -0.373 e. The van der Waals surface area contributed by atoms with E-state index in [1.165, 1.54) is 29.2 Å². The Morgan fingerprint density at radius 1 is 1.02 bits per heavy atom. The minimum absolute atomic E-state index is 0.162. The molecule has 0 bridgehead atoms. The highest BCUT2D eigenvalue weighted by molar-refractivity contribution is 7.91. The van der Waals surface area contributed by atoms with Crippen molar-refractivity contribution >= 4 is 38.0 Å². The van der Waals surface area contributed by atoms with Gasteiger partial charge in [0, 0.05) is 31.7 Å². The van der Waals surface area contributed by atoms with Gasteiger partial charge in [0.15, 0.2) is 0 Å². The molecule has 234 valence electrons. The number of hydrogen-bond donors (Lipinski definition) is 2. The van der Waals surface area contributed by atoms with Crippen LogP contribution in [-0.4, -0.2) is 76.2 Å². The number of para-hydroxylation sites is 1. The van der Waals surface area contributed by atoms with E-state index in [1.54, 1.807) is 6.07 Å². The second-order valence-corrected chi connectivity index (χ2v) is 13.1. The number of sulfone groups is 1. The van der Waals surface area contributed by atoms with E-state index in [0.717, 1.165) is 56.6 Å². The van der Waals surface area contributed by atoms with E-state index >= 15 is 0 Å². The Bertz CT molecular complexity index is 1740. The Morgan fingerprint density at radius 3 is 2.50 bits per heavy atom. The van der Waals surface area contributed by atoms with Crippen LogP contribution in [0.1, 0.15) is 36.0 Å². The number of nitrogens with one attached hydrogen (secondary N) is 2. The maximum absolute atomic E-state index is 13.7. The molecule has 1 atom stereocenters. The summed E-state index contributed by atoms with van der Waals surface area (Å²) in [6.45, 7) is 2.35. The fourth-order valence-corrected chi connectivity index (χ4v) is 6.54. The SMILES string of the molecule is CN(C)CCCN(C)c1cccc(C(=O)Nn2ncc3cc(S(=O)(=O)c4cc(F)cc(F)c4)ccc32)c1NC1CCCCO1. The van der Waals surface area contributed by atoms with Gasteiger partial charge in [-0.15, -0.1) is 0 Å². The topological polar surface area (TPSA) is 109 Å². The molecule has 2 N–H and O–H groups in total. The quantitative estimate of drug-likeness (QED) is 0.243. The van der Waals surface area contributed by atoms with Crippen LogP contribution in [0.15, 0.2) is 70.6 Å². The van der Waals surface area contributed by atoms with Gasteiger partial charge in [-0.25, -0.2) is 22.6 Å². The zero-order valence-corrected chi connectivity index (χ0v) is 25.7. The number of aromatic nitrogens is 2. The molecule has 0 radical (unpaired) electrons. The summed E-state index contributed by atoms with van der Waals surface area (Å²) in [4.78, 5) is 18.6. The predicted octanol–water partition coefficient (Wildman–Crippen LogP) is 4.86. The third kappa shape index (κ3) is 7.01. The highest BCUT2D eigenvalue weighted by Gasteiger charge is 2.24. The Hall–Kier alpha value is -4.07. The van der Waals surface area contributed by atoms with Crippen molar-refractivity contribution in [1.82, 2.24) is 14.8 Å². The Labute approximate surface area is 255 Å². The maximum atomic E-state index is 13.7. The molecule has 0 aliphatic carbocycles. The summed E-state index contributed by atoms with van der Waals surface area (Å²) in [5, 5.41) is 8.12. The van der Waals surface area contributed by atoms with Crippen LogP contribution < -0.4 is 15.6 Å². The number of hydrogen-bond acceptors (Lipinski definition) is 8. The largest absolute Gasteiger partial charge is 0.373 e. The normalized spacial score (nSPS) is 15.5. The number of benzene rings is 3. The molecule has 2 heterocycles. The third-order valence-electron chi connectivity index (χ3n) is 7.49. The fraction of sp³-hybridized carbons (Fsp3) is 0.355. The van der Waals surface area contributed by atoms with Crippen LogP contribution in [-0.2, 0) is 14.6 Å². The lowest BCUT2D eigenvalue weighted by Crippen LogP contribution is -2.32. The first-order valence-electron chi connectivity index (χ1n) is 14.4. The van der Waals surface area contributed by atoms with Crippen molar-refractivity contribution in [2.45, 2.75) is 41.7 Å². The molecule has 3 aromatic carbocycles. The molecule has 5 rings (SSSR count). The van der Waals surface area contributed by atoms with Crippen LogP contribution in [0.25, 0.3) is 10.9 Å². The summed E-state index contributed by atoms with van der Waals surface area (Å²) in [5.74, 6) is -2.41. The van der Waals surface area contributed by atoms with Crippen LogP contribution in [0.3, 0.4) is 0 Å². The van der Waals surface area contributed by atoms with E-state index in [4.69, 9.17) is 4.74 Å². The molecule has 13 heteroatoms. The second-order valence-electron chi connectivity index (χ2n) is 11.1. The highest BCUT2D eigenvalue weighted by atomic mass is 32.2. The van der Waals surface area contributed by atoms with Crippen molar-refractivity contribution in [2.24, 2.45) is 0 Å². The van der Waals surface area contributed by atoms with Crippen molar-refractivity contribution in [2.75, 3.05) is 56.5 Å². The van der Waals surface area contributed by atoms with Crippen molar-refractivity contribution in [3.63, 3.8) is 0 Å². The summed E-state index contributed by atoms with van der Waals surface area (Å²) in [5.41, 5.74) is 5.14. The molecular formula is C31H36F2N6O4S. The highest BCUT2D eigenvalue weighted by Crippen LogP contribution is 2.32. The molecule has 0 saturated carbocycles. The van der Waals surface area contributed by atoms with E-state index in [1.807, 2.05) is 33.3 Å². The zero-order chi connectivity index (χ0) is 31.4. The number of anilines is 2. The standard InChI is InChI=1S/C31H36F2N6O4S/c1-37(2)13-7-14-38(3)28-9-6-8-26(30(28)35-29-10-4-5-15-43-29)31(40)36-39-27-12-11-24(16-21(27)20-34-39)44(41,42)25-18-22(32)17-23(33)19-25/h6,8-9,11-12,16-20,29,35H,4-5,7,10,13-15H2,1-3H3,(H,36,40). The molecule has 44 heavy (non-hydrogen) atoms. The van der Waals surface area contributed by atoms with Crippen molar-refractivity contribution in [1.29, 1.82) is 0 Å². The molecule has 0 spiro atoms. The summed E-state index contributed by atoms with van der Waals surface area (Å²) in [6.07, 6.45) is 4.94. The zero-order valence-electron chi connectivity index (χ0n) is 24.9. The van der Waals surface area contributed by atoms with Crippen LogP contribution >= 0.6 is 0 Å². The van der Waals surface area contributed by atoms with E-state index in [9.17, 15) is 22.0 Å². The monoisotopic (exact) mass is 626 g/mol. The van der Waals surface area contributed by atoms with E-state index < -0.39 is 32.3 Å². The summed E-state index contributed by atoms with van der Waals surface area (Å²) >= 11 is 0.